The number of aliphatic hydroxyl groups excluding tert-OH is 1. The number of aliphatic hydroxyl groups is 1. The summed E-state index contributed by atoms with van der Waals surface area (Å²) in [6.07, 6.45) is 1.15. The van der Waals surface area contributed by atoms with Crippen LogP contribution < -0.4 is 0 Å². The maximum atomic E-state index is 12.1. The van der Waals surface area contributed by atoms with Gasteiger partial charge in [-0.1, -0.05) is 6.07 Å². The van der Waals surface area contributed by atoms with Crippen LogP contribution in [-0.2, 0) is 0 Å². The van der Waals surface area contributed by atoms with Gasteiger partial charge in [0.15, 0.2) is 0 Å². The van der Waals surface area contributed by atoms with Crippen LogP contribution in [0.15, 0.2) is 18.2 Å². The predicted octanol–water partition coefficient (Wildman–Crippen LogP) is 1.30. The van der Waals surface area contributed by atoms with E-state index in [9.17, 15) is 15.0 Å². The van der Waals surface area contributed by atoms with E-state index in [1.807, 2.05) is 0 Å². The van der Waals surface area contributed by atoms with Crippen LogP contribution in [0.4, 0.5) is 0 Å². The van der Waals surface area contributed by atoms with Gasteiger partial charge in [0, 0.05) is 18.7 Å². The number of aromatic hydroxyl groups is 1. The van der Waals surface area contributed by atoms with Crippen LogP contribution in [0.1, 0.15) is 28.8 Å². The molecule has 4 nitrogen and oxygen atoms in total. The molecular weight excluding hydrogens is 218 g/mol. The molecule has 0 saturated carbocycles. The average Bonchev–Trinajstić information content (AvgIpc) is 2.32. The molecule has 17 heavy (non-hydrogen) atoms. The summed E-state index contributed by atoms with van der Waals surface area (Å²) in [4.78, 5) is 13.7. The summed E-state index contributed by atoms with van der Waals surface area (Å²) in [7, 11) is 0. The smallest absolute Gasteiger partial charge is 0.254 e. The Balaban J connectivity index is 2.15. The van der Waals surface area contributed by atoms with Crippen molar-refractivity contribution in [3.05, 3.63) is 29.3 Å². The first-order chi connectivity index (χ1) is 8.08. The minimum Gasteiger partial charge on any atom is -0.508 e. The Labute approximate surface area is 100 Å². The summed E-state index contributed by atoms with van der Waals surface area (Å²) in [5.74, 6) is 0.00691. The summed E-state index contributed by atoms with van der Waals surface area (Å²) in [5, 5.41) is 19.1. The van der Waals surface area contributed by atoms with Crippen LogP contribution >= 0.6 is 0 Å². The number of nitrogens with zero attached hydrogens (tertiary/aromatic N) is 1. The summed E-state index contributed by atoms with van der Waals surface area (Å²) < 4.78 is 0. The van der Waals surface area contributed by atoms with Crippen LogP contribution in [0, 0.1) is 6.92 Å². The number of carbonyl (C=O) groups excluding carboxylic acids is 1. The van der Waals surface area contributed by atoms with E-state index in [1.54, 1.807) is 24.0 Å². The van der Waals surface area contributed by atoms with Crippen LogP contribution in [-0.4, -0.2) is 40.2 Å². The minimum absolute atomic E-state index is 0.126. The number of piperidine rings is 1. The first-order valence-electron chi connectivity index (χ1n) is 5.85. The molecule has 1 atom stereocenters. The highest BCUT2D eigenvalue weighted by Gasteiger charge is 2.23. The molecule has 1 aromatic rings. The molecule has 1 amide bonds. The SMILES string of the molecule is Cc1ccc(C(=O)N2CCCC(O)C2)cc1O. The molecule has 0 spiro atoms. The van der Waals surface area contributed by atoms with E-state index in [-0.39, 0.29) is 11.7 Å². The summed E-state index contributed by atoms with van der Waals surface area (Å²) >= 11 is 0. The van der Waals surface area contributed by atoms with Crippen LogP contribution in [0.2, 0.25) is 0 Å². The number of phenolic OH excluding ortho intramolecular Hbond substituents is 1. The molecule has 1 aliphatic rings. The number of likely N-dealkylation sites (tertiary alicyclic amines) is 1. The van der Waals surface area contributed by atoms with Crippen molar-refractivity contribution < 1.29 is 15.0 Å². The zero-order valence-electron chi connectivity index (χ0n) is 9.89. The highest BCUT2D eigenvalue weighted by atomic mass is 16.3. The normalized spacial score (nSPS) is 20.4. The molecule has 0 aliphatic carbocycles. The number of phenols is 1. The van der Waals surface area contributed by atoms with Gasteiger partial charge in [0.1, 0.15) is 5.75 Å². The fourth-order valence-electron chi connectivity index (χ4n) is 2.06. The van der Waals surface area contributed by atoms with Crippen molar-refractivity contribution in [1.29, 1.82) is 0 Å². The largest absolute Gasteiger partial charge is 0.508 e. The Kier molecular flexibility index (Phi) is 3.33. The maximum absolute atomic E-state index is 12.1. The number of amides is 1. The Morgan fingerprint density at radius 2 is 2.24 bits per heavy atom. The zero-order valence-corrected chi connectivity index (χ0v) is 9.89. The lowest BCUT2D eigenvalue weighted by atomic mass is 10.1. The van der Waals surface area contributed by atoms with Gasteiger partial charge in [0.2, 0.25) is 0 Å². The number of carbonyl (C=O) groups is 1. The van der Waals surface area contributed by atoms with E-state index in [0.717, 1.165) is 18.4 Å². The monoisotopic (exact) mass is 235 g/mol. The Bertz CT molecular complexity index is 431. The summed E-state index contributed by atoms with van der Waals surface area (Å²) in [5.41, 5.74) is 1.22. The van der Waals surface area contributed by atoms with E-state index in [4.69, 9.17) is 0 Å². The lowest BCUT2D eigenvalue weighted by Gasteiger charge is -2.30. The molecule has 1 saturated heterocycles. The topological polar surface area (TPSA) is 60.8 Å². The third-order valence-corrected chi connectivity index (χ3v) is 3.14. The second-order valence-electron chi connectivity index (χ2n) is 4.55. The molecule has 2 N–H and O–H groups in total. The Hall–Kier alpha value is -1.55. The van der Waals surface area contributed by atoms with Crippen LogP contribution in [0.3, 0.4) is 0 Å². The quantitative estimate of drug-likeness (QED) is 0.771. The Morgan fingerprint density at radius 3 is 2.88 bits per heavy atom. The van der Waals surface area contributed by atoms with E-state index in [0.29, 0.717) is 18.7 Å². The zero-order chi connectivity index (χ0) is 12.4. The standard InChI is InChI=1S/C13H17NO3/c1-9-4-5-10(7-12(9)16)13(17)14-6-2-3-11(15)8-14/h4-5,7,11,15-16H,2-3,6,8H2,1H3. The summed E-state index contributed by atoms with van der Waals surface area (Å²) in [6, 6.07) is 4.92. The van der Waals surface area contributed by atoms with E-state index >= 15 is 0 Å². The molecule has 1 aliphatic heterocycles. The molecule has 1 aromatic carbocycles. The van der Waals surface area contributed by atoms with Gasteiger partial charge in [-0.25, -0.2) is 0 Å². The molecule has 0 radical (unpaired) electrons. The van der Waals surface area contributed by atoms with E-state index < -0.39 is 6.10 Å². The van der Waals surface area contributed by atoms with E-state index in [1.165, 1.54) is 6.07 Å². The van der Waals surface area contributed by atoms with Crippen molar-refractivity contribution in [1.82, 2.24) is 4.90 Å². The maximum Gasteiger partial charge on any atom is 0.254 e. The van der Waals surface area contributed by atoms with Gasteiger partial charge in [-0.15, -0.1) is 0 Å². The number of hydrogen-bond donors (Lipinski definition) is 2. The van der Waals surface area contributed by atoms with Crippen molar-refractivity contribution in [3.63, 3.8) is 0 Å². The summed E-state index contributed by atoms with van der Waals surface area (Å²) in [6.45, 7) is 2.84. The first kappa shape index (κ1) is 11.9. The fourth-order valence-corrected chi connectivity index (χ4v) is 2.06. The molecule has 2 rings (SSSR count). The minimum atomic E-state index is -0.424. The average molecular weight is 235 g/mol. The number of benzene rings is 1. The third-order valence-electron chi connectivity index (χ3n) is 3.14. The molecule has 0 aromatic heterocycles. The van der Waals surface area contributed by atoms with Crippen molar-refractivity contribution in [3.8, 4) is 5.75 Å². The highest BCUT2D eigenvalue weighted by molar-refractivity contribution is 5.94. The lowest BCUT2D eigenvalue weighted by Crippen LogP contribution is -2.42. The first-order valence-corrected chi connectivity index (χ1v) is 5.85. The van der Waals surface area contributed by atoms with Crippen molar-refractivity contribution in [2.24, 2.45) is 0 Å². The van der Waals surface area contributed by atoms with Crippen molar-refractivity contribution >= 4 is 5.91 Å². The molecule has 0 bridgehead atoms. The van der Waals surface area contributed by atoms with Gasteiger partial charge < -0.3 is 15.1 Å². The van der Waals surface area contributed by atoms with Gasteiger partial charge in [-0.05, 0) is 37.5 Å². The van der Waals surface area contributed by atoms with Crippen molar-refractivity contribution in [2.75, 3.05) is 13.1 Å². The van der Waals surface area contributed by atoms with Gasteiger partial charge in [0.25, 0.3) is 5.91 Å². The predicted molar refractivity (Wildman–Crippen MR) is 64.0 cm³/mol. The number of aryl methyl sites for hydroxylation is 1. The second kappa shape index (κ2) is 4.75. The molecule has 1 unspecified atom stereocenters. The van der Waals surface area contributed by atoms with Gasteiger partial charge >= 0.3 is 0 Å². The van der Waals surface area contributed by atoms with Gasteiger partial charge in [0.05, 0.1) is 6.10 Å². The molecule has 1 fully saturated rings. The van der Waals surface area contributed by atoms with Crippen LogP contribution in [0.5, 0.6) is 5.75 Å². The molecule has 92 valence electrons. The van der Waals surface area contributed by atoms with E-state index in [2.05, 4.69) is 0 Å². The third kappa shape index (κ3) is 2.58. The molecule has 4 heteroatoms. The van der Waals surface area contributed by atoms with Crippen LogP contribution in [0.25, 0.3) is 0 Å². The Morgan fingerprint density at radius 1 is 1.47 bits per heavy atom. The number of rotatable bonds is 1. The highest BCUT2D eigenvalue weighted by Crippen LogP contribution is 2.20. The fraction of sp³-hybridized carbons (Fsp3) is 0.462. The second-order valence-corrected chi connectivity index (χ2v) is 4.55. The van der Waals surface area contributed by atoms with Gasteiger partial charge in [-0.2, -0.15) is 0 Å². The molecular formula is C13H17NO3. The number of hydrogen-bond acceptors (Lipinski definition) is 3. The van der Waals surface area contributed by atoms with Gasteiger partial charge in [-0.3, -0.25) is 4.79 Å². The lowest BCUT2D eigenvalue weighted by molar-refractivity contribution is 0.0473. The number of β-amino-alcohol motifs (C(OH)–C–C–N with tert-alkyl or cyclic N) is 1. The van der Waals surface area contributed by atoms with Crippen molar-refractivity contribution in [2.45, 2.75) is 25.9 Å². The molecule has 1 heterocycles.